The predicted octanol–water partition coefficient (Wildman–Crippen LogP) is 1.42. The summed E-state index contributed by atoms with van der Waals surface area (Å²) in [6.07, 6.45) is -0.869. The zero-order valence-electron chi connectivity index (χ0n) is 12.4. The second-order valence-electron chi connectivity index (χ2n) is 5.15. The van der Waals surface area contributed by atoms with Gasteiger partial charge in [-0.25, -0.2) is 9.18 Å². The number of hydrogen-bond donors (Lipinski definition) is 4. The summed E-state index contributed by atoms with van der Waals surface area (Å²) >= 11 is 0. The Balaban J connectivity index is 2.02. The topological polar surface area (TPSA) is 94.7 Å². The lowest BCUT2D eigenvalue weighted by atomic mass is 10.1. The number of hydrogen-bond acceptors (Lipinski definition) is 4. The molecule has 0 bridgehead atoms. The van der Waals surface area contributed by atoms with Crippen LogP contribution in [-0.4, -0.2) is 35.0 Å². The van der Waals surface area contributed by atoms with Gasteiger partial charge in [0.2, 0.25) is 0 Å². The Morgan fingerprint density at radius 3 is 2.82 bits per heavy atom. The van der Waals surface area contributed by atoms with Crippen LogP contribution in [0.1, 0.15) is 18.2 Å². The number of benzene rings is 1. The van der Waals surface area contributed by atoms with E-state index in [4.69, 9.17) is 9.52 Å². The van der Waals surface area contributed by atoms with Crippen molar-refractivity contribution in [3.8, 4) is 0 Å². The molecule has 6 nitrogen and oxygen atoms in total. The van der Waals surface area contributed by atoms with Crippen LogP contribution in [-0.2, 0) is 6.54 Å². The summed E-state index contributed by atoms with van der Waals surface area (Å²) in [5.41, 5.74) is 1.30. The Hall–Kier alpha value is -2.12. The van der Waals surface area contributed by atoms with Crippen LogP contribution in [0.2, 0.25) is 0 Å². The first-order valence-electron chi connectivity index (χ1n) is 6.93. The van der Waals surface area contributed by atoms with Gasteiger partial charge in [0.25, 0.3) is 0 Å². The predicted molar refractivity (Wildman–Crippen MR) is 78.8 cm³/mol. The molecule has 2 atom stereocenters. The average Bonchev–Trinajstić information content (AvgIpc) is 2.78. The van der Waals surface area contributed by atoms with Gasteiger partial charge in [0.1, 0.15) is 17.2 Å². The van der Waals surface area contributed by atoms with E-state index in [-0.39, 0.29) is 19.0 Å². The number of carbonyl (C=O) groups excluding carboxylic acids is 1. The summed E-state index contributed by atoms with van der Waals surface area (Å²) in [7, 11) is 0. The highest BCUT2D eigenvalue weighted by Crippen LogP contribution is 2.25. The molecule has 0 radical (unpaired) electrons. The highest BCUT2D eigenvalue weighted by atomic mass is 19.1. The summed E-state index contributed by atoms with van der Waals surface area (Å²) in [6, 6.07) is 2.95. The molecule has 120 valence electrons. The summed E-state index contributed by atoms with van der Waals surface area (Å²) < 4.78 is 18.8. The van der Waals surface area contributed by atoms with E-state index in [1.165, 1.54) is 25.1 Å². The molecular weight excluding hydrogens is 291 g/mol. The first-order valence-corrected chi connectivity index (χ1v) is 6.93. The van der Waals surface area contributed by atoms with Gasteiger partial charge in [-0.15, -0.1) is 0 Å². The zero-order valence-corrected chi connectivity index (χ0v) is 12.4. The first-order chi connectivity index (χ1) is 10.4. The molecule has 1 heterocycles. The SMILES string of the molecule is Cc1c(CNC(=O)N[C@H](CO)[C@@H](C)O)oc2ccc(F)cc12. The number of aliphatic hydroxyl groups is 2. The molecule has 2 rings (SSSR count). The fourth-order valence-corrected chi connectivity index (χ4v) is 2.11. The highest BCUT2D eigenvalue weighted by molar-refractivity contribution is 5.82. The fourth-order valence-electron chi connectivity index (χ4n) is 2.11. The number of amides is 2. The van der Waals surface area contributed by atoms with Gasteiger partial charge >= 0.3 is 6.03 Å². The second-order valence-corrected chi connectivity index (χ2v) is 5.15. The van der Waals surface area contributed by atoms with Gasteiger partial charge in [-0.1, -0.05) is 0 Å². The minimum Gasteiger partial charge on any atom is -0.459 e. The Bertz CT molecular complexity index is 669. The van der Waals surface area contributed by atoms with Crippen LogP contribution in [0.4, 0.5) is 9.18 Å². The molecule has 1 aromatic heterocycles. The molecule has 7 heteroatoms. The zero-order chi connectivity index (χ0) is 16.3. The molecule has 0 unspecified atom stereocenters. The summed E-state index contributed by atoms with van der Waals surface area (Å²) in [5.74, 6) is 0.171. The van der Waals surface area contributed by atoms with Gasteiger partial charge in [-0.2, -0.15) is 0 Å². The van der Waals surface area contributed by atoms with Crippen molar-refractivity contribution in [1.29, 1.82) is 0 Å². The van der Waals surface area contributed by atoms with Gasteiger partial charge in [0.05, 0.1) is 25.3 Å². The molecule has 0 aliphatic carbocycles. The number of nitrogens with one attached hydrogen (secondary N) is 2. The molecule has 2 amide bonds. The summed E-state index contributed by atoms with van der Waals surface area (Å²) in [4.78, 5) is 11.7. The van der Waals surface area contributed by atoms with Crippen LogP contribution in [0.15, 0.2) is 22.6 Å². The number of aliphatic hydroxyl groups excluding tert-OH is 2. The lowest BCUT2D eigenvalue weighted by Crippen LogP contribution is -2.48. The van der Waals surface area contributed by atoms with Crippen molar-refractivity contribution in [2.24, 2.45) is 0 Å². The van der Waals surface area contributed by atoms with Crippen molar-refractivity contribution in [3.05, 3.63) is 35.3 Å². The third-order valence-corrected chi connectivity index (χ3v) is 3.50. The Morgan fingerprint density at radius 1 is 1.45 bits per heavy atom. The number of aryl methyl sites for hydroxylation is 1. The Kier molecular flexibility index (Phi) is 4.99. The van der Waals surface area contributed by atoms with Gasteiger partial charge in [-0.05, 0) is 32.0 Å². The minimum absolute atomic E-state index is 0.117. The quantitative estimate of drug-likeness (QED) is 0.672. The first kappa shape index (κ1) is 16.3. The van der Waals surface area contributed by atoms with Crippen molar-refractivity contribution >= 4 is 17.0 Å². The standard InChI is InChI=1S/C15H19FN2O4/c1-8-11-5-10(16)3-4-13(11)22-14(8)6-17-15(21)18-12(7-19)9(2)20/h3-5,9,12,19-20H,6-7H2,1-2H3,(H2,17,18,21)/t9-,12-/m1/s1. The lowest BCUT2D eigenvalue weighted by Gasteiger charge is -2.19. The minimum atomic E-state index is -0.869. The molecule has 0 aliphatic heterocycles. The van der Waals surface area contributed by atoms with Crippen LogP contribution >= 0.6 is 0 Å². The number of fused-ring (bicyclic) bond motifs is 1. The van der Waals surface area contributed by atoms with E-state index < -0.39 is 18.2 Å². The van der Waals surface area contributed by atoms with Crippen molar-refractivity contribution < 1.29 is 23.8 Å². The molecule has 0 spiro atoms. The van der Waals surface area contributed by atoms with Crippen LogP contribution in [0.3, 0.4) is 0 Å². The van der Waals surface area contributed by atoms with Crippen LogP contribution < -0.4 is 10.6 Å². The van der Waals surface area contributed by atoms with E-state index in [1.807, 2.05) is 0 Å². The molecule has 0 fully saturated rings. The van der Waals surface area contributed by atoms with Crippen LogP contribution in [0.5, 0.6) is 0 Å². The van der Waals surface area contributed by atoms with Crippen LogP contribution in [0, 0.1) is 12.7 Å². The normalized spacial score (nSPS) is 13.9. The maximum Gasteiger partial charge on any atom is 0.315 e. The van der Waals surface area contributed by atoms with Crippen molar-refractivity contribution in [2.75, 3.05) is 6.61 Å². The van der Waals surface area contributed by atoms with Gasteiger partial charge in [-0.3, -0.25) is 0 Å². The Morgan fingerprint density at radius 2 is 2.18 bits per heavy atom. The van der Waals surface area contributed by atoms with Crippen LogP contribution in [0.25, 0.3) is 11.0 Å². The summed E-state index contributed by atoms with van der Waals surface area (Å²) in [5, 5.41) is 24.1. The summed E-state index contributed by atoms with van der Waals surface area (Å²) in [6.45, 7) is 3.01. The molecule has 0 aliphatic rings. The van der Waals surface area contributed by atoms with E-state index in [9.17, 15) is 14.3 Å². The molecule has 0 saturated heterocycles. The van der Waals surface area contributed by atoms with Gasteiger partial charge < -0.3 is 25.3 Å². The number of furan rings is 1. The van der Waals surface area contributed by atoms with Crippen molar-refractivity contribution in [2.45, 2.75) is 32.5 Å². The smallest absolute Gasteiger partial charge is 0.315 e. The van der Waals surface area contributed by atoms with Crippen molar-refractivity contribution in [1.82, 2.24) is 10.6 Å². The third-order valence-electron chi connectivity index (χ3n) is 3.50. The van der Waals surface area contributed by atoms with E-state index in [1.54, 1.807) is 6.92 Å². The second kappa shape index (κ2) is 6.76. The maximum absolute atomic E-state index is 13.2. The lowest BCUT2D eigenvalue weighted by molar-refractivity contribution is 0.107. The molecule has 2 aromatic rings. The number of carbonyl (C=O) groups is 1. The number of urea groups is 1. The van der Waals surface area contributed by atoms with E-state index in [0.717, 1.165) is 5.56 Å². The number of halogens is 1. The molecule has 0 saturated carbocycles. The third kappa shape index (κ3) is 3.55. The van der Waals surface area contributed by atoms with Gasteiger partial charge in [0, 0.05) is 10.9 Å². The largest absolute Gasteiger partial charge is 0.459 e. The van der Waals surface area contributed by atoms with E-state index >= 15 is 0 Å². The van der Waals surface area contributed by atoms with Crippen molar-refractivity contribution in [3.63, 3.8) is 0 Å². The maximum atomic E-state index is 13.2. The van der Waals surface area contributed by atoms with E-state index in [0.29, 0.717) is 16.7 Å². The molecular formula is C15H19FN2O4. The van der Waals surface area contributed by atoms with Gasteiger partial charge in [0.15, 0.2) is 0 Å². The monoisotopic (exact) mass is 310 g/mol. The Labute approximate surface area is 126 Å². The average molecular weight is 310 g/mol. The number of rotatable bonds is 5. The molecule has 22 heavy (non-hydrogen) atoms. The highest BCUT2D eigenvalue weighted by Gasteiger charge is 2.17. The fraction of sp³-hybridized carbons (Fsp3) is 0.400. The molecule has 1 aromatic carbocycles. The molecule has 4 N–H and O–H groups in total. The van der Waals surface area contributed by atoms with E-state index in [2.05, 4.69) is 10.6 Å².